The number of aromatic nitrogens is 2. The Morgan fingerprint density at radius 2 is 2.05 bits per heavy atom. The van der Waals surface area contributed by atoms with Crippen LogP contribution >= 0.6 is 11.3 Å². The molecule has 5 heteroatoms. The molecule has 20 heavy (non-hydrogen) atoms. The molecule has 1 N–H and O–H groups in total. The molecule has 0 fully saturated rings. The van der Waals surface area contributed by atoms with Crippen LogP contribution < -0.4 is 5.32 Å². The van der Waals surface area contributed by atoms with Crippen molar-refractivity contribution >= 4 is 11.3 Å². The van der Waals surface area contributed by atoms with E-state index >= 15 is 0 Å². The molecule has 0 bridgehead atoms. The summed E-state index contributed by atoms with van der Waals surface area (Å²) < 4.78 is 13.8. The van der Waals surface area contributed by atoms with Crippen LogP contribution in [0.25, 0.3) is 10.7 Å². The predicted octanol–water partition coefficient (Wildman–Crippen LogP) is 3.97. The van der Waals surface area contributed by atoms with Gasteiger partial charge in [0.05, 0.1) is 5.69 Å². The summed E-state index contributed by atoms with van der Waals surface area (Å²) in [6, 6.07) is 3.43. The van der Waals surface area contributed by atoms with Gasteiger partial charge in [0, 0.05) is 23.7 Å². The maximum Gasteiger partial charge on any atom is 0.151 e. The maximum atomic E-state index is 13.8. The predicted molar refractivity (Wildman–Crippen MR) is 81.4 cm³/mol. The van der Waals surface area contributed by atoms with Crippen molar-refractivity contribution in [3.8, 4) is 10.7 Å². The molecule has 2 heterocycles. The maximum absolute atomic E-state index is 13.8. The van der Waals surface area contributed by atoms with Gasteiger partial charge in [0.25, 0.3) is 0 Å². The second-order valence-electron chi connectivity index (χ2n) is 5.35. The quantitative estimate of drug-likeness (QED) is 0.906. The van der Waals surface area contributed by atoms with E-state index in [0.29, 0.717) is 22.7 Å². The number of pyridine rings is 1. The van der Waals surface area contributed by atoms with Gasteiger partial charge in [0.2, 0.25) is 0 Å². The summed E-state index contributed by atoms with van der Waals surface area (Å²) in [5.41, 5.74) is 1.37. The van der Waals surface area contributed by atoms with Gasteiger partial charge in [-0.05, 0) is 18.1 Å². The van der Waals surface area contributed by atoms with E-state index in [1.165, 1.54) is 17.4 Å². The minimum atomic E-state index is -0.320. The van der Waals surface area contributed by atoms with Crippen LogP contribution in [0.1, 0.15) is 44.2 Å². The number of nitrogens with one attached hydrogen (secondary N) is 1. The fraction of sp³-hybridized carbons (Fsp3) is 0.467. The molecule has 0 amide bonds. The van der Waals surface area contributed by atoms with Crippen LogP contribution in [0.15, 0.2) is 18.3 Å². The molecule has 0 aromatic carbocycles. The highest BCUT2D eigenvalue weighted by Gasteiger charge is 2.18. The lowest BCUT2D eigenvalue weighted by Gasteiger charge is -2.09. The third-order valence-electron chi connectivity index (χ3n) is 2.91. The Labute approximate surface area is 123 Å². The lowest BCUT2D eigenvalue weighted by Crippen LogP contribution is -2.22. The van der Waals surface area contributed by atoms with E-state index in [1.54, 1.807) is 12.3 Å². The van der Waals surface area contributed by atoms with Crippen molar-refractivity contribution in [2.45, 2.75) is 46.2 Å². The first kappa shape index (κ1) is 15.1. The molecule has 3 nitrogen and oxygen atoms in total. The molecule has 0 aliphatic carbocycles. The van der Waals surface area contributed by atoms with Gasteiger partial charge in [0.15, 0.2) is 5.82 Å². The van der Waals surface area contributed by atoms with Crippen LogP contribution in [0.5, 0.6) is 0 Å². The Hall–Kier alpha value is -1.33. The number of nitrogens with zero attached hydrogens (tertiary/aromatic N) is 2. The van der Waals surface area contributed by atoms with E-state index in [4.69, 9.17) is 0 Å². The van der Waals surface area contributed by atoms with Gasteiger partial charge in [-0.3, -0.25) is 4.98 Å². The molecule has 0 saturated carbocycles. The zero-order valence-corrected chi connectivity index (χ0v) is 13.1. The number of thiazole rings is 1. The van der Waals surface area contributed by atoms with E-state index in [2.05, 4.69) is 43.0 Å². The first-order chi connectivity index (χ1) is 9.49. The van der Waals surface area contributed by atoms with Crippen LogP contribution in [0.2, 0.25) is 0 Å². The van der Waals surface area contributed by atoms with E-state index in [9.17, 15) is 4.39 Å². The molecular weight excluding hydrogens is 273 g/mol. The highest BCUT2D eigenvalue weighted by molar-refractivity contribution is 7.15. The van der Waals surface area contributed by atoms with Gasteiger partial charge < -0.3 is 5.32 Å². The Morgan fingerprint density at radius 3 is 2.65 bits per heavy atom. The van der Waals surface area contributed by atoms with Crippen LogP contribution in [0.3, 0.4) is 0 Å². The lowest BCUT2D eigenvalue weighted by molar-refractivity contribution is 0.588. The Morgan fingerprint density at radius 1 is 1.30 bits per heavy atom. The van der Waals surface area contributed by atoms with Gasteiger partial charge in [0.1, 0.15) is 10.7 Å². The monoisotopic (exact) mass is 293 g/mol. The first-order valence-electron chi connectivity index (χ1n) is 6.83. The van der Waals surface area contributed by atoms with Crippen molar-refractivity contribution in [3.05, 3.63) is 34.7 Å². The van der Waals surface area contributed by atoms with Crippen molar-refractivity contribution in [2.24, 2.45) is 0 Å². The summed E-state index contributed by atoms with van der Waals surface area (Å²) in [5.74, 6) is -0.00402. The van der Waals surface area contributed by atoms with Crippen molar-refractivity contribution in [2.75, 3.05) is 0 Å². The molecule has 0 spiro atoms. The Kier molecular flexibility index (Phi) is 4.83. The van der Waals surface area contributed by atoms with Crippen molar-refractivity contribution in [1.82, 2.24) is 15.3 Å². The average Bonchev–Trinajstić information content (AvgIpc) is 2.81. The summed E-state index contributed by atoms with van der Waals surface area (Å²) in [4.78, 5) is 9.87. The van der Waals surface area contributed by atoms with Crippen molar-refractivity contribution in [3.63, 3.8) is 0 Å². The van der Waals surface area contributed by atoms with E-state index in [-0.39, 0.29) is 5.82 Å². The van der Waals surface area contributed by atoms with Crippen LogP contribution in [-0.4, -0.2) is 16.0 Å². The van der Waals surface area contributed by atoms with E-state index in [0.717, 1.165) is 17.1 Å². The summed E-state index contributed by atoms with van der Waals surface area (Å²) in [6.45, 7) is 9.18. The molecule has 0 saturated heterocycles. The van der Waals surface area contributed by atoms with E-state index in [1.807, 2.05) is 0 Å². The highest BCUT2D eigenvalue weighted by atomic mass is 32.1. The molecule has 108 valence electrons. The van der Waals surface area contributed by atoms with Crippen LogP contribution in [-0.2, 0) is 6.54 Å². The average molecular weight is 293 g/mol. The largest absolute Gasteiger partial charge is 0.310 e. The summed E-state index contributed by atoms with van der Waals surface area (Å²) in [6.07, 6.45) is 1.60. The van der Waals surface area contributed by atoms with Gasteiger partial charge in [-0.2, -0.15) is 0 Å². The number of halogens is 1. The van der Waals surface area contributed by atoms with Gasteiger partial charge in [-0.25, -0.2) is 9.37 Å². The topological polar surface area (TPSA) is 37.8 Å². The fourth-order valence-corrected chi connectivity index (χ4v) is 3.05. The van der Waals surface area contributed by atoms with Crippen molar-refractivity contribution in [1.29, 1.82) is 0 Å². The zero-order chi connectivity index (χ0) is 14.7. The SMILES string of the molecule is CC(C)NCc1sc(-c2ncccc2F)nc1C(C)C. The lowest BCUT2D eigenvalue weighted by atomic mass is 10.1. The smallest absolute Gasteiger partial charge is 0.151 e. The third kappa shape index (κ3) is 3.41. The number of hydrogen-bond donors (Lipinski definition) is 1. The van der Waals surface area contributed by atoms with Crippen LogP contribution in [0, 0.1) is 5.82 Å². The molecule has 0 radical (unpaired) electrons. The van der Waals surface area contributed by atoms with Crippen LogP contribution in [0.4, 0.5) is 4.39 Å². The Balaban J connectivity index is 2.36. The second kappa shape index (κ2) is 6.41. The third-order valence-corrected chi connectivity index (χ3v) is 3.98. The molecular formula is C15H20FN3S. The van der Waals surface area contributed by atoms with Gasteiger partial charge >= 0.3 is 0 Å². The first-order valence-corrected chi connectivity index (χ1v) is 7.64. The minimum Gasteiger partial charge on any atom is -0.310 e. The van der Waals surface area contributed by atoms with E-state index < -0.39 is 0 Å². The highest BCUT2D eigenvalue weighted by Crippen LogP contribution is 2.31. The summed E-state index contributed by atoms with van der Waals surface area (Å²) >= 11 is 1.52. The fourth-order valence-electron chi connectivity index (χ4n) is 1.88. The zero-order valence-electron chi connectivity index (χ0n) is 12.3. The normalized spacial score (nSPS) is 11.6. The van der Waals surface area contributed by atoms with Gasteiger partial charge in [-0.15, -0.1) is 11.3 Å². The molecule has 2 aromatic heterocycles. The number of hydrogen-bond acceptors (Lipinski definition) is 4. The summed E-state index contributed by atoms with van der Waals surface area (Å²) in [5, 5.41) is 4.05. The number of rotatable bonds is 5. The van der Waals surface area contributed by atoms with Crippen molar-refractivity contribution < 1.29 is 4.39 Å². The minimum absolute atomic E-state index is 0.315. The second-order valence-corrected chi connectivity index (χ2v) is 6.44. The molecule has 0 unspecified atom stereocenters. The van der Waals surface area contributed by atoms with Gasteiger partial charge in [-0.1, -0.05) is 27.7 Å². The Bertz CT molecular complexity index is 578. The molecule has 2 aromatic rings. The molecule has 0 aliphatic heterocycles. The molecule has 2 rings (SSSR count). The molecule has 0 atom stereocenters. The standard InChI is InChI=1S/C15H20FN3S/c1-9(2)13-12(8-18-10(3)4)20-15(19-13)14-11(16)6-5-7-17-14/h5-7,9-10,18H,8H2,1-4H3. The molecule has 0 aliphatic rings. The summed E-state index contributed by atoms with van der Waals surface area (Å²) in [7, 11) is 0.